The third-order valence-corrected chi connectivity index (χ3v) is 3.71. The molecule has 0 fully saturated rings. The summed E-state index contributed by atoms with van der Waals surface area (Å²) < 4.78 is 14.0. The lowest BCUT2D eigenvalue weighted by atomic mass is 10.1. The number of benzene rings is 2. The Bertz CT molecular complexity index is 676. The van der Waals surface area contributed by atoms with E-state index < -0.39 is 0 Å². The Kier molecular flexibility index (Phi) is 4.80. The summed E-state index contributed by atoms with van der Waals surface area (Å²) in [4.78, 5) is 1.98. The SMILES string of the molecule is CN(Cc1cccc(F)c1)c1ccc(/C(N)=N/O)cc1Br. The quantitative estimate of drug-likeness (QED) is 0.384. The maximum absolute atomic E-state index is 13.2. The van der Waals surface area contributed by atoms with Gasteiger partial charge in [0, 0.05) is 23.6 Å². The van der Waals surface area contributed by atoms with E-state index >= 15 is 0 Å². The first-order chi connectivity index (χ1) is 10.0. The van der Waals surface area contributed by atoms with Crippen molar-refractivity contribution < 1.29 is 9.60 Å². The minimum Gasteiger partial charge on any atom is -0.409 e. The molecular weight excluding hydrogens is 337 g/mol. The summed E-state index contributed by atoms with van der Waals surface area (Å²) in [5.41, 5.74) is 7.98. The highest BCUT2D eigenvalue weighted by atomic mass is 79.9. The Hall–Kier alpha value is -2.08. The van der Waals surface area contributed by atoms with Crippen molar-refractivity contribution in [1.29, 1.82) is 0 Å². The van der Waals surface area contributed by atoms with Crippen molar-refractivity contribution in [1.82, 2.24) is 0 Å². The number of anilines is 1. The standard InChI is InChI=1S/C15H15BrFN3O/c1-20(9-10-3-2-4-12(17)7-10)14-6-5-11(8-13(14)16)15(18)19-21/h2-8,21H,9H2,1H3,(H2,18,19). The fraction of sp³-hybridized carbons (Fsp3) is 0.133. The lowest BCUT2D eigenvalue weighted by Gasteiger charge is -2.21. The van der Waals surface area contributed by atoms with Crippen LogP contribution < -0.4 is 10.6 Å². The third kappa shape index (κ3) is 3.72. The molecule has 3 N–H and O–H groups in total. The summed E-state index contributed by atoms with van der Waals surface area (Å²) in [6, 6.07) is 11.9. The zero-order valence-electron chi connectivity index (χ0n) is 11.4. The molecule has 0 radical (unpaired) electrons. The van der Waals surface area contributed by atoms with E-state index in [1.807, 2.05) is 24.1 Å². The summed E-state index contributed by atoms with van der Waals surface area (Å²) in [6.07, 6.45) is 0. The van der Waals surface area contributed by atoms with E-state index in [1.54, 1.807) is 18.2 Å². The number of oxime groups is 1. The number of hydrogen-bond acceptors (Lipinski definition) is 3. The molecule has 0 amide bonds. The lowest BCUT2D eigenvalue weighted by molar-refractivity contribution is 0.318. The van der Waals surface area contributed by atoms with Crippen LogP contribution in [0.15, 0.2) is 52.1 Å². The highest BCUT2D eigenvalue weighted by Crippen LogP contribution is 2.27. The first-order valence-corrected chi connectivity index (χ1v) is 7.03. The van der Waals surface area contributed by atoms with Gasteiger partial charge in [-0.05, 0) is 51.8 Å². The molecule has 2 rings (SSSR count). The molecule has 6 heteroatoms. The predicted octanol–water partition coefficient (Wildman–Crippen LogP) is 3.32. The van der Waals surface area contributed by atoms with Gasteiger partial charge in [-0.25, -0.2) is 4.39 Å². The van der Waals surface area contributed by atoms with Crippen molar-refractivity contribution in [2.24, 2.45) is 10.9 Å². The van der Waals surface area contributed by atoms with Crippen molar-refractivity contribution in [3.63, 3.8) is 0 Å². The topological polar surface area (TPSA) is 61.8 Å². The molecule has 0 aliphatic heterocycles. The van der Waals surface area contributed by atoms with Gasteiger partial charge in [0.1, 0.15) is 5.82 Å². The summed E-state index contributed by atoms with van der Waals surface area (Å²) in [7, 11) is 1.91. The average molecular weight is 352 g/mol. The summed E-state index contributed by atoms with van der Waals surface area (Å²) in [6.45, 7) is 0.569. The number of amidine groups is 1. The van der Waals surface area contributed by atoms with E-state index in [-0.39, 0.29) is 11.7 Å². The molecule has 0 unspecified atom stereocenters. The number of nitrogens with zero attached hydrogens (tertiary/aromatic N) is 2. The molecule has 2 aromatic rings. The highest BCUT2D eigenvalue weighted by Gasteiger charge is 2.09. The lowest BCUT2D eigenvalue weighted by Crippen LogP contribution is -2.18. The normalized spacial score (nSPS) is 11.5. The smallest absolute Gasteiger partial charge is 0.170 e. The Balaban J connectivity index is 2.21. The Morgan fingerprint density at radius 1 is 1.33 bits per heavy atom. The number of hydrogen-bond donors (Lipinski definition) is 2. The summed E-state index contributed by atoms with van der Waals surface area (Å²) >= 11 is 3.47. The molecule has 2 aromatic carbocycles. The van der Waals surface area contributed by atoms with E-state index in [1.165, 1.54) is 12.1 Å². The molecule has 4 nitrogen and oxygen atoms in total. The monoisotopic (exact) mass is 351 g/mol. The van der Waals surface area contributed by atoms with E-state index in [9.17, 15) is 4.39 Å². The Morgan fingerprint density at radius 3 is 2.71 bits per heavy atom. The Labute approximate surface area is 130 Å². The van der Waals surface area contributed by atoms with Gasteiger partial charge in [0.15, 0.2) is 5.84 Å². The second kappa shape index (κ2) is 6.58. The molecule has 0 saturated heterocycles. The highest BCUT2D eigenvalue weighted by molar-refractivity contribution is 9.10. The minimum absolute atomic E-state index is 0.0510. The molecule has 0 heterocycles. The first kappa shape index (κ1) is 15.3. The van der Waals surface area contributed by atoms with Crippen molar-refractivity contribution in [2.75, 3.05) is 11.9 Å². The van der Waals surface area contributed by atoms with Crippen LogP contribution in [0.1, 0.15) is 11.1 Å². The molecule has 0 bridgehead atoms. The maximum atomic E-state index is 13.2. The van der Waals surface area contributed by atoms with Gasteiger partial charge in [-0.3, -0.25) is 0 Å². The van der Waals surface area contributed by atoms with Crippen LogP contribution in [0.25, 0.3) is 0 Å². The van der Waals surface area contributed by atoms with Crippen LogP contribution >= 0.6 is 15.9 Å². The van der Waals surface area contributed by atoms with Crippen molar-refractivity contribution in [2.45, 2.75) is 6.54 Å². The molecule has 0 aliphatic carbocycles. The molecular formula is C15H15BrFN3O. The number of halogens is 2. The predicted molar refractivity (Wildman–Crippen MR) is 85.2 cm³/mol. The van der Waals surface area contributed by atoms with Crippen LogP contribution in [0, 0.1) is 5.82 Å². The second-order valence-electron chi connectivity index (χ2n) is 4.64. The van der Waals surface area contributed by atoms with Gasteiger partial charge in [-0.1, -0.05) is 17.3 Å². The maximum Gasteiger partial charge on any atom is 0.170 e. The van der Waals surface area contributed by atoms with Crippen LogP contribution in [0.2, 0.25) is 0 Å². The van der Waals surface area contributed by atoms with E-state index in [4.69, 9.17) is 10.9 Å². The zero-order chi connectivity index (χ0) is 15.4. The van der Waals surface area contributed by atoms with Crippen LogP contribution in [-0.2, 0) is 6.54 Å². The largest absolute Gasteiger partial charge is 0.409 e. The van der Waals surface area contributed by atoms with Gasteiger partial charge in [0.05, 0.1) is 5.69 Å². The zero-order valence-corrected chi connectivity index (χ0v) is 13.0. The number of nitrogens with two attached hydrogens (primary N) is 1. The minimum atomic E-state index is -0.248. The van der Waals surface area contributed by atoms with Gasteiger partial charge >= 0.3 is 0 Å². The molecule has 0 aromatic heterocycles. The van der Waals surface area contributed by atoms with Crippen molar-refractivity contribution >= 4 is 27.5 Å². The fourth-order valence-corrected chi connectivity index (χ4v) is 2.71. The van der Waals surface area contributed by atoms with Crippen LogP contribution in [0.4, 0.5) is 10.1 Å². The second-order valence-corrected chi connectivity index (χ2v) is 5.49. The molecule has 0 atom stereocenters. The molecule has 0 spiro atoms. The Morgan fingerprint density at radius 2 is 2.10 bits per heavy atom. The molecule has 110 valence electrons. The van der Waals surface area contributed by atoms with Gasteiger partial charge < -0.3 is 15.8 Å². The molecule has 0 aliphatic rings. The van der Waals surface area contributed by atoms with Crippen LogP contribution in [0.5, 0.6) is 0 Å². The van der Waals surface area contributed by atoms with Crippen molar-refractivity contribution in [3.05, 3.63) is 63.9 Å². The van der Waals surface area contributed by atoms with Gasteiger partial charge in [0.2, 0.25) is 0 Å². The average Bonchev–Trinajstić information content (AvgIpc) is 2.46. The van der Waals surface area contributed by atoms with E-state index in [2.05, 4.69) is 21.1 Å². The van der Waals surface area contributed by atoms with Gasteiger partial charge in [0.25, 0.3) is 0 Å². The first-order valence-electron chi connectivity index (χ1n) is 6.24. The van der Waals surface area contributed by atoms with Gasteiger partial charge in [-0.2, -0.15) is 0 Å². The van der Waals surface area contributed by atoms with E-state index in [0.717, 1.165) is 15.7 Å². The van der Waals surface area contributed by atoms with Crippen molar-refractivity contribution in [3.8, 4) is 0 Å². The molecule has 0 saturated carbocycles. The number of rotatable bonds is 4. The molecule has 21 heavy (non-hydrogen) atoms. The van der Waals surface area contributed by atoms with E-state index in [0.29, 0.717) is 12.1 Å². The summed E-state index contributed by atoms with van der Waals surface area (Å²) in [5, 5.41) is 11.7. The van der Waals surface area contributed by atoms with Crippen LogP contribution in [0.3, 0.4) is 0 Å². The van der Waals surface area contributed by atoms with Gasteiger partial charge in [-0.15, -0.1) is 0 Å². The third-order valence-electron chi connectivity index (χ3n) is 3.07. The fourth-order valence-electron chi connectivity index (χ4n) is 2.03. The van der Waals surface area contributed by atoms with Crippen LogP contribution in [-0.4, -0.2) is 18.1 Å². The summed E-state index contributed by atoms with van der Waals surface area (Å²) in [5.74, 6) is -0.197.